The third-order valence-electron chi connectivity index (χ3n) is 4.00. The number of likely N-dealkylation sites (N-methyl/N-ethyl adjacent to an activating group) is 1. The van der Waals surface area contributed by atoms with Gasteiger partial charge in [-0.2, -0.15) is 0 Å². The second-order valence-electron chi connectivity index (χ2n) is 5.35. The van der Waals surface area contributed by atoms with Gasteiger partial charge < -0.3 is 15.5 Å². The number of para-hydroxylation sites is 3. The van der Waals surface area contributed by atoms with Gasteiger partial charge in [-0.3, -0.25) is 0 Å². The number of rotatable bonds is 3. The van der Waals surface area contributed by atoms with Gasteiger partial charge in [0.15, 0.2) is 0 Å². The monoisotopic (exact) mass is 285 g/mol. The third kappa shape index (κ3) is 2.47. The number of halogens is 1. The Labute approximate surface area is 124 Å². The maximum Gasteiger partial charge on any atom is 0.147 e. The lowest BCUT2D eigenvalue weighted by Crippen LogP contribution is -2.37. The Morgan fingerprint density at radius 3 is 2.57 bits per heavy atom. The van der Waals surface area contributed by atoms with Crippen LogP contribution < -0.4 is 15.5 Å². The van der Waals surface area contributed by atoms with Gasteiger partial charge in [0.25, 0.3) is 0 Å². The van der Waals surface area contributed by atoms with E-state index in [1.807, 2.05) is 24.3 Å². The average molecular weight is 285 g/mol. The fourth-order valence-electron chi connectivity index (χ4n) is 2.96. The summed E-state index contributed by atoms with van der Waals surface area (Å²) in [5, 5.41) is 0. The van der Waals surface area contributed by atoms with Gasteiger partial charge in [-0.05, 0) is 36.7 Å². The summed E-state index contributed by atoms with van der Waals surface area (Å²) in [6, 6.07) is 13.4. The van der Waals surface area contributed by atoms with Gasteiger partial charge in [0.2, 0.25) is 0 Å². The first kappa shape index (κ1) is 13.9. The van der Waals surface area contributed by atoms with Crippen LogP contribution in [-0.4, -0.2) is 26.7 Å². The molecule has 110 valence electrons. The zero-order valence-electron chi connectivity index (χ0n) is 12.2. The van der Waals surface area contributed by atoms with Crippen LogP contribution in [0.1, 0.15) is 5.56 Å². The molecule has 2 N–H and O–H groups in total. The van der Waals surface area contributed by atoms with Gasteiger partial charge in [0.1, 0.15) is 5.82 Å². The van der Waals surface area contributed by atoms with Crippen LogP contribution in [0.4, 0.5) is 21.5 Å². The quantitative estimate of drug-likeness (QED) is 0.941. The maximum absolute atomic E-state index is 14.5. The van der Waals surface area contributed by atoms with Crippen LogP contribution in [0.15, 0.2) is 42.5 Å². The van der Waals surface area contributed by atoms with Crippen molar-refractivity contribution in [3.8, 4) is 0 Å². The normalized spacial score (nSPS) is 14.2. The molecular formula is C17H20FN3. The average Bonchev–Trinajstić information content (AvgIpc) is 2.50. The Bertz CT molecular complexity index is 642. The minimum Gasteiger partial charge on any atom is -0.371 e. The SMILES string of the molecule is CN1CCN(c2c(F)cccc2CCN)c2ccccc21. The van der Waals surface area contributed by atoms with Crippen molar-refractivity contribution in [1.82, 2.24) is 0 Å². The summed E-state index contributed by atoms with van der Waals surface area (Å²) < 4.78 is 14.5. The third-order valence-corrected chi connectivity index (χ3v) is 4.00. The van der Waals surface area contributed by atoms with Crippen LogP contribution in [0.2, 0.25) is 0 Å². The molecule has 4 heteroatoms. The molecule has 1 heterocycles. The van der Waals surface area contributed by atoms with Gasteiger partial charge in [-0.25, -0.2) is 4.39 Å². The molecule has 0 saturated heterocycles. The van der Waals surface area contributed by atoms with Gasteiger partial charge in [-0.1, -0.05) is 24.3 Å². The number of hydrogen-bond acceptors (Lipinski definition) is 3. The number of benzene rings is 2. The van der Waals surface area contributed by atoms with Crippen molar-refractivity contribution < 1.29 is 4.39 Å². The molecule has 3 rings (SSSR count). The predicted molar refractivity (Wildman–Crippen MR) is 85.9 cm³/mol. The highest BCUT2D eigenvalue weighted by Gasteiger charge is 2.24. The smallest absolute Gasteiger partial charge is 0.147 e. The molecule has 2 aromatic carbocycles. The fourth-order valence-corrected chi connectivity index (χ4v) is 2.96. The summed E-state index contributed by atoms with van der Waals surface area (Å²) in [5.41, 5.74) is 9.50. The number of hydrogen-bond donors (Lipinski definition) is 1. The van der Waals surface area contributed by atoms with Crippen LogP contribution in [-0.2, 0) is 6.42 Å². The number of nitrogens with two attached hydrogens (primary N) is 1. The molecule has 0 amide bonds. The highest BCUT2D eigenvalue weighted by molar-refractivity contribution is 5.80. The van der Waals surface area contributed by atoms with Crippen molar-refractivity contribution >= 4 is 17.1 Å². The number of nitrogens with zero attached hydrogens (tertiary/aromatic N) is 2. The van der Waals surface area contributed by atoms with E-state index in [0.717, 1.165) is 30.0 Å². The summed E-state index contributed by atoms with van der Waals surface area (Å²) in [6.07, 6.45) is 0.682. The van der Waals surface area contributed by atoms with Gasteiger partial charge in [-0.15, -0.1) is 0 Å². The van der Waals surface area contributed by atoms with E-state index in [9.17, 15) is 4.39 Å². The second kappa shape index (κ2) is 5.74. The van der Waals surface area contributed by atoms with Crippen LogP contribution >= 0.6 is 0 Å². The molecule has 0 saturated carbocycles. The van der Waals surface area contributed by atoms with Crippen LogP contribution in [0.3, 0.4) is 0 Å². The lowest BCUT2D eigenvalue weighted by atomic mass is 10.1. The first-order chi connectivity index (χ1) is 10.2. The number of fused-ring (bicyclic) bond motifs is 1. The molecule has 2 aromatic rings. The lowest BCUT2D eigenvalue weighted by molar-refractivity contribution is 0.620. The van der Waals surface area contributed by atoms with Crippen molar-refractivity contribution in [2.75, 3.05) is 36.5 Å². The Morgan fingerprint density at radius 1 is 1.05 bits per heavy atom. The van der Waals surface area contributed by atoms with Crippen molar-refractivity contribution in [1.29, 1.82) is 0 Å². The molecule has 3 nitrogen and oxygen atoms in total. The van der Waals surface area contributed by atoms with E-state index >= 15 is 0 Å². The molecule has 0 spiro atoms. The summed E-state index contributed by atoms with van der Waals surface area (Å²) in [4.78, 5) is 4.28. The Hall–Kier alpha value is -2.07. The molecule has 0 radical (unpaired) electrons. The van der Waals surface area contributed by atoms with E-state index in [1.165, 1.54) is 6.07 Å². The Morgan fingerprint density at radius 2 is 1.81 bits per heavy atom. The molecule has 0 fully saturated rings. The molecule has 0 aromatic heterocycles. The van der Waals surface area contributed by atoms with Gasteiger partial charge in [0, 0.05) is 20.1 Å². The lowest BCUT2D eigenvalue weighted by Gasteiger charge is -2.38. The van der Waals surface area contributed by atoms with Crippen LogP contribution in [0.25, 0.3) is 0 Å². The molecule has 21 heavy (non-hydrogen) atoms. The summed E-state index contributed by atoms with van der Waals surface area (Å²) in [7, 11) is 2.07. The summed E-state index contributed by atoms with van der Waals surface area (Å²) >= 11 is 0. The zero-order chi connectivity index (χ0) is 14.8. The van der Waals surface area contributed by atoms with Gasteiger partial charge in [0.05, 0.1) is 17.1 Å². The van der Waals surface area contributed by atoms with Crippen molar-refractivity contribution in [3.05, 3.63) is 53.8 Å². The molecule has 0 atom stereocenters. The van der Waals surface area contributed by atoms with E-state index in [1.54, 1.807) is 6.07 Å². The maximum atomic E-state index is 14.5. The fraction of sp³-hybridized carbons (Fsp3) is 0.294. The first-order valence-corrected chi connectivity index (χ1v) is 7.27. The number of anilines is 3. The van der Waals surface area contributed by atoms with E-state index in [2.05, 4.69) is 22.9 Å². The van der Waals surface area contributed by atoms with Gasteiger partial charge >= 0.3 is 0 Å². The second-order valence-corrected chi connectivity index (χ2v) is 5.35. The summed E-state index contributed by atoms with van der Waals surface area (Å²) in [5.74, 6) is -0.180. The highest BCUT2D eigenvalue weighted by atomic mass is 19.1. The molecule has 0 aliphatic carbocycles. The van der Waals surface area contributed by atoms with Crippen molar-refractivity contribution in [3.63, 3.8) is 0 Å². The van der Waals surface area contributed by atoms with Crippen molar-refractivity contribution in [2.45, 2.75) is 6.42 Å². The largest absolute Gasteiger partial charge is 0.371 e. The Kier molecular flexibility index (Phi) is 3.80. The predicted octanol–water partition coefficient (Wildman–Crippen LogP) is 2.91. The molecule has 1 aliphatic rings. The molecular weight excluding hydrogens is 265 g/mol. The minimum absolute atomic E-state index is 0.180. The van der Waals surface area contributed by atoms with E-state index in [4.69, 9.17) is 5.73 Å². The minimum atomic E-state index is -0.180. The topological polar surface area (TPSA) is 32.5 Å². The standard InChI is InChI=1S/C17H20FN3/c1-20-11-12-21(16-8-3-2-7-15(16)20)17-13(9-10-19)5-4-6-14(17)18/h2-8H,9-12,19H2,1H3. The van der Waals surface area contributed by atoms with Crippen LogP contribution in [0.5, 0.6) is 0 Å². The first-order valence-electron chi connectivity index (χ1n) is 7.27. The van der Waals surface area contributed by atoms with Crippen molar-refractivity contribution in [2.24, 2.45) is 5.73 Å². The molecule has 0 bridgehead atoms. The molecule has 0 unspecified atom stereocenters. The highest BCUT2D eigenvalue weighted by Crippen LogP contribution is 2.39. The summed E-state index contributed by atoms with van der Waals surface area (Å²) in [6.45, 7) is 2.16. The Balaban J connectivity index is 2.12. The van der Waals surface area contributed by atoms with E-state index in [0.29, 0.717) is 18.7 Å². The van der Waals surface area contributed by atoms with E-state index < -0.39 is 0 Å². The zero-order valence-corrected chi connectivity index (χ0v) is 12.2. The molecule has 1 aliphatic heterocycles. The van der Waals surface area contributed by atoms with E-state index in [-0.39, 0.29) is 5.82 Å². The van der Waals surface area contributed by atoms with Crippen LogP contribution in [0, 0.1) is 5.82 Å².